The first kappa shape index (κ1) is 18.8. The minimum Gasteiger partial charge on any atom is -0.493 e. The van der Waals surface area contributed by atoms with Gasteiger partial charge < -0.3 is 14.2 Å². The Morgan fingerprint density at radius 1 is 0.929 bits per heavy atom. The predicted octanol–water partition coefficient (Wildman–Crippen LogP) is 6.32. The van der Waals surface area contributed by atoms with Crippen LogP contribution in [0.5, 0.6) is 11.5 Å². The van der Waals surface area contributed by atoms with Crippen LogP contribution in [-0.2, 0) is 4.74 Å². The van der Waals surface area contributed by atoms with Crippen molar-refractivity contribution in [3.05, 3.63) is 86.8 Å². The van der Waals surface area contributed by atoms with Crippen LogP contribution in [0.1, 0.15) is 22.8 Å². The summed E-state index contributed by atoms with van der Waals surface area (Å²) in [5.41, 5.74) is 3.35. The van der Waals surface area contributed by atoms with Crippen molar-refractivity contribution in [1.29, 1.82) is 0 Å². The van der Waals surface area contributed by atoms with Gasteiger partial charge in [-0.15, -0.1) is 0 Å². The van der Waals surface area contributed by atoms with Gasteiger partial charge in [-0.05, 0) is 30.3 Å². The molecule has 0 aliphatic carbocycles. The minimum atomic E-state index is -0.421. The van der Waals surface area contributed by atoms with Gasteiger partial charge in [-0.25, -0.2) is 4.99 Å². The normalized spacial score (nSPS) is 15.3. The first-order valence-electron chi connectivity index (χ1n) is 8.62. The number of hydrogen-bond donors (Lipinski definition) is 0. The molecule has 4 nitrogen and oxygen atoms in total. The van der Waals surface area contributed by atoms with E-state index in [1.165, 1.54) is 0 Å². The smallest absolute Gasteiger partial charge is 0.222 e. The number of halogens is 2. The third-order valence-electron chi connectivity index (χ3n) is 4.53. The number of methoxy groups -OCH3 is 2. The van der Waals surface area contributed by atoms with Gasteiger partial charge in [0, 0.05) is 32.3 Å². The standard InChI is InChI=1S/C22H17BrClNO3/c1-26-19-11-16-18(12-20(19)27-2)25-22(13-6-5-7-14(23)10-13)28-21(16)15-8-3-4-9-17(15)24/h3-12,21H,1-2H3/t21-/m0/s1. The molecular weight excluding hydrogens is 442 g/mol. The maximum absolute atomic E-state index is 6.49. The van der Waals surface area contributed by atoms with E-state index in [2.05, 4.69) is 15.9 Å². The second-order valence-electron chi connectivity index (χ2n) is 6.21. The van der Waals surface area contributed by atoms with Crippen molar-refractivity contribution >= 4 is 39.1 Å². The fourth-order valence-electron chi connectivity index (χ4n) is 3.17. The summed E-state index contributed by atoms with van der Waals surface area (Å²) in [4.78, 5) is 4.74. The highest BCUT2D eigenvalue weighted by Gasteiger charge is 2.29. The number of nitrogens with zero attached hydrogens (tertiary/aromatic N) is 1. The lowest BCUT2D eigenvalue weighted by atomic mass is 9.97. The van der Waals surface area contributed by atoms with Crippen LogP contribution in [0.4, 0.5) is 5.69 Å². The molecule has 1 heterocycles. The van der Waals surface area contributed by atoms with Crippen LogP contribution in [0, 0.1) is 0 Å². The molecular formula is C22H17BrClNO3. The number of fused-ring (bicyclic) bond motifs is 1. The van der Waals surface area contributed by atoms with Gasteiger partial charge in [0.25, 0.3) is 0 Å². The SMILES string of the molecule is COc1cc2c(cc1OC)[C@H](c1ccccc1Cl)OC(c1cccc(Br)c1)=N2. The van der Waals surface area contributed by atoms with E-state index in [9.17, 15) is 0 Å². The van der Waals surface area contributed by atoms with Crippen molar-refractivity contribution in [2.45, 2.75) is 6.10 Å². The van der Waals surface area contributed by atoms with E-state index in [0.29, 0.717) is 22.4 Å². The van der Waals surface area contributed by atoms with Gasteiger partial charge in [0.1, 0.15) is 0 Å². The number of ether oxygens (including phenoxy) is 3. The summed E-state index contributed by atoms with van der Waals surface area (Å²) in [6.07, 6.45) is -0.421. The Bertz CT molecular complexity index is 1070. The molecule has 1 aliphatic rings. The maximum Gasteiger partial charge on any atom is 0.222 e. The predicted molar refractivity (Wildman–Crippen MR) is 114 cm³/mol. The van der Waals surface area contributed by atoms with Crippen molar-refractivity contribution < 1.29 is 14.2 Å². The molecule has 0 bridgehead atoms. The third kappa shape index (κ3) is 3.48. The highest BCUT2D eigenvalue weighted by molar-refractivity contribution is 9.10. The summed E-state index contributed by atoms with van der Waals surface area (Å²) in [7, 11) is 3.21. The molecule has 0 radical (unpaired) electrons. The number of hydrogen-bond acceptors (Lipinski definition) is 4. The molecule has 0 saturated carbocycles. The summed E-state index contributed by atoms with van der Waals surface area (Å²) in [5, 5.41) is 0.628. The molecule has 0 N–H and O–H groups in total. The molecule has 28 heavy (non-hydrogen) atoms. The van der Waals surface area contributed by atoms with Crippen LogP contribution in [0.15, 0.2) is 70.1 Å². The number of aliphatic imine (C=N–C) groups is 1. The van der Waals surface area contributed by atoms with Crippen LogP contribution in [-0.4, -0.2) is 20.1 Å². The van der Waals surface area contributed by atoms with E-state index in [1.807, 2.05) is 60.7 Å². The van der Waals surface area contributed by atoms with Crippen molar-refractivity contribution in [2.24, 2.45) is 4.99 Å². The zero-order valence-corrected chi connectivity index (χ0v) is 17.6. The van der Waals surface area contributed by atoms with Gasteiger partial charge in [0.2, 0.25) is 5.90 Å². The second-order valence-corrected chi connectivity index (χ2v) is 7.54. The fourth-order valence-corrected chi connectivity index (χ4v) is 3.81. The summed E-state index contributed by atoms with van der Waals surface area (Å²) in [5.74, 6) is 1.74. The third-order valence-corrected chi connectivity index (χ3v) is 5.36. The van der Waals surface area contributed by atoms with Gasteiger partial charge in [-0.1, -0.05) is 51.8 Å². The summed E-state index contributed by atoms with van der Waals surface area (Å²) in [6, 6.07) is 19.2. The van der Waals surface area contributed by atoms with Crippen molar-refractivity contribution in [1.82, 2.24) is 0 Å². The van der Waals surface area contributed by atoms with E-state index in [0.717, 1.165) is 26.9 Å². The van der Waals surface area contributed by atoms with Crippen molar-refractivity contribution in [2.75, 3.05) is 14.2 Å². The summed E-state index contributed by atoms with van der Waals surface area (Å²) >= 11 is 10.00. The average molecular weight is 459 g/mol. The Hall–Kier alpha value is -2.50. The molecule has 1 aliphatic heterocycles. The maximum atomic E-state index is 6.49. The molecule has 1 atom stereocenters. The minimum absolute atomic E-state index is 0.421. The van der Waals surface area contributed by atoms with Crippen molar-refractivity contribution in [3.63, 3.8) is 0 Å². The van der Waals surface area contributed by atoms with Crippen LogP contribution in [0.25, 0.3) is 0 Å². The van der Waals surface area contributed by atoms with Gasteiger partial charge in [-0.3, -0.25) is 0 Å². The zero-order valence-electron chi connectivity index (χ0n) is 15.3. The molecule has 0 aromatic heterocycles. The Balaban J connectivity index is 1.92. The van der Waals surface area contributed by atoms with E-state index in [1.54, 1.807) is 14.2 Å². The van der Waals surface area contributed by atoms with Crippen LogP contribution < -0.4 is 9.47 Å². The van der Waals surface area contributed by atoms with Gasteiger partial charge in [-0.2, -0.15) is 0 Å². The summed E-state index contributed by atoms with van der Waals surface area (Å²) in [6.45, 7) is 0. The van der Waals surface area contributed by atoms with Crippen LogP contribution in [0.3, 0.4) is 0 Å². The Morgan fingerprint density at radius 3 is 2.39 bits per heavy atom. The largest absolute Gasteiger partial charge is 0.493 e. The molecule has 3 aromatic carbocycles. The van der Waals surface area contributed by atoms with Crippen molar-refractivity contribution in [3.8, 4) is 11.5 Å². The fraction of sp³-hybridized carbons (Fsp3) is 0.136. The van der Waals surface area contributed by atoms with Gasteiger partial charge >= 0.3 is 0 Å². The molecule has 0 amide bonds. The molecule has 0 spiro atoms. The van der Waals surface area contributed by atoms with E-state index >= 15 is 0 Å². The Labute approximate surface area is 176 Å². The molecule has 3 aromatic rings. The highest BCUT2D eigenvalue weighted by atomic mass is 79.9. The lowest BCUT2D eigenvalue weighted by Crippen LogP contribution is -2.18. The number of benzene rings is 3. The molecule has 142 valence electrons. The quantitative estimate of drug-likeness (QED) is 0.459. The first-order chi connectivity index (χ1) is 13.6. The molecule has 6 heteroatoms. The molecule has 0 unspecified atom stereocenters. The molecule has 0 fully saturated rings. The van der Waals surface area contributed by atoms with Crippen LogP contribution in [0.2, 0.25) is 5.02 Å². The second kappa shape index (κ2) is 7.86. The van der Waals surface area contributed by atoms with Crippen LogP contribution >= 0.6 is 27.5 Å². The average Bonchev–Trinajstić information content (AvgIpc) is 2.72. The van der Waals surface area contributed by atoms with E-state index < -0.39 is 6.10 Å². The van der Waals surface area contributed by atoms with E-state index in [-0.39, 0.29) is 0 Å². The van der Waals surface area contributed by atoms with Gasteiger partial charge in [0.15, 0.2) is 17.6 Å². The highest BCUT2D eigenvalue weighted by Crippen LogP contribution is 2.45. The zero-order chi connectivity index (χ0) is 19.7. The first-order valence-corrected chi connectivity index (χ1v) is 9.79. The topological polar surface area (TPSA) is 40.0 Å². The monoisotopic (exact) mass is 457 g/mol. The number of rotatable bonds is 4. The summed E-state index contributed by atoms with van der Waals surface area (Å²) < 4.78 is 18.2. The molecule has 0 saturated heterocycles. The van der Waals surface area contributed by atoms with Gasteiger partial charge in [0.05, 0.1) is 19.9 Å². The van der Waals surface area contributed by atoms with E-state index in [4.69, 9.17) is 30.8 Å². The lowest BCUT2D eigenvalue weighted by molar-refractivity contribution is 0.228. The lowest BCUT2D eigenvalue weighted by Gasteiger charge is -2.28. The Morgan fingerprint density at radius 2 is 1.68 bits per heavy atom. The molecule has 4 rings (SSSR count). The Kier molecular flexibility index (Phi) is 5.29.